The van der Waals surface area contributed by atoms with E-state index in [1.54, 1.807) is 11.3 Å². The van der Waals surface area contributed by atoms with Gasteiger partial charge in [-0.3, -0.25) is 9.36 Å². The van der Waals surface area contributed by atoms with E-state index < -0.39 is 0 Å². The van der Waals surface area contributed by atoms with Crippen LogP contribution < -0.4 is 0 Å². The molecule has 140 valence electrons. The summed E-state index contributed by atoms with van der Waals surface area (Å²) >= 11 is 1.74. The number of benzene rings is 1. The number of aryl methyl sites for hydroxylation is 1. The van der Waals surface area contributed by atoms with Gasteiger partial charge in [-0.2, -0.15) is 0 Å². The van der Waals surface area contributed by atoms with Crippen LogP contribution in [0.25, 0.3) is 27.4 Å². The molecule has 0 unspecified atom stereocenters. The summed E-state index contributed by atoms with van der Waals surface area (Å²) in [5.41, 5.74) is 4.43. The molecule has 2 N–H and O–H groups in total. The molecule has 1 aromatic carbocycles. The summed E-state index contributed by atoms with van der Waals surface area (Å²) in [6, 6.07) is 8.48. The highest BCUT2D eigenvalue weighted by atomic mass is 32.1. The Kier molecular flexibility index (Phi) is 5.68. The zero-order chi connectivity index (χ0) is 19.4. The van der Waals surface area contributed by atoms with Crippen molar-refractivity contribution in [3.05, 3.63) is 53.4 Å². The maximum absolute atomic E-state index is 8.36. The number of aromatic amines is 1. The second kappa shape index (κ2) is 8.15. The van der Waals surface area contributed by atoms with Crippen molar-refractivity contribution in [3.63, 3.8) is 0 Å². The van der Waals surface area contributed by atoms with Crippen molar-refractivity contribution in [2.24, 2.45) is 0 Å². The van der Waals surface area contributed by atoms with Crippen molar-refractivity contribution in [2.45, 2.75) is 13.5 Å². The Bertz CT molecular complexity index is 1050. The van der Waals surface area contributed by atoms with Gasteiger partial charge >= 0.3 is 0 Å². The molecule has 3 aromatic heterocycles. The fraction of sp³-hybridized carbons (Fsp3) is 0.211. The van der Waals surface area contributed by atoms with Crippen LogP contribution in [0.5, 0.6) is 0 Å². The number of nitrogens with zero attached hydrogens (tertiary/aromatic N) is 4. The third-order valence-electron chi connectivity index (χ3n) is 3.88. The van der Waals surface area contributed by atoms with Crippen LogP contribution in [0, 0.1) is 6.92 Å². The summed E-state index contributed by atoms with van der Waals surface area (Å²) in [6.45, 7) is 2.66. The van der Waals surface area contributed by atoms with E-state index in [-0.39, 0.29) is 6.47 Å². The Labute approximate surface area is 160 Å². The number of thiophene rings is 1. The summed E-state index contributed by atoms with van der Waals surface area (Å²) in [6.07, 6.45) is 3.86. The Balaban J connectivity index is 0.000000659. The molecule has 0 saturated heterocycles. The van der Waals surface area contributed by atoms with Gasteiger partial charge in [0.05, 0.1) is 15.9 Å². The molecule has 0 bridgehead atoms. The van der Waals surface area contributed by atoms with Gasteiger partial charge in [0, 0.05) is 24.6 Å². The number of hydrogen-bond acceptors (Lipinski definition) is 5. The fourth-order valence-electron chi connectivity index (χ4n) is 2.91. The van der Waals surface area contributed by atoms with E-state index in [0.717, 1.165) is 34.9 Å². The molecular formula is C19H21N5O2S. The van der Waals surface area contributed by atoms with Crippen molar-refractivity contribution in [1.82, 2.24) is 24.4 Å². The molecule has 0 atom stereocenters. The lowest BCUT2D eigenvalue weighted by atomic mass is 10.2. The first-order valence-electron chi connectivity index (χ1n) is 8.32. The number of carbonyl (C=O) groups is 1. The average molecular weight is 383 g/mol. The van der Waals surface area contributed by atoms with Crippen LogP contribution in [0.4, 0.5) is 0 Å². The quantitative estimate of drug-likeness (QED) is 0.526. The summed E-state index contributed by atoms with van der Waals surface area (Å²) in [7, 11) is 4.17. The van der Waals surface area contributed by atoms with E-state index >= 15 is 0 Å². The monoisotopic (exact) mass is 383 g/mol. The highest BCUT2D eigenvalue weighted by Gasteiger charge is 2.12. The van der Waals surface area contributed by atoms with E-state index in [1.807, 2.05) is 25.4 Å². The molecule has 0 amide bonds. The fourth-order valence-corrected chi connectivity index (χ4v) is 3.81. The standard InChI is InChI=1S/C18H19N5S.CH2O2/c1-12-20-15-5-4-14(9-16(15)21-12)23-7-6-19-18(23)17-8-13(11-24-17)10-22(2)3;2-1-3/h4-9,11H,10H2,1-3H3,(H,20,21);1H,(H,2,3). The Morgan fingerprint density at radius 1 is 1.33 bits per heavy atom. The smallest absolute Gasteiger partial charge is 0.290 e. The minimum Gasteiger partial charge on any atom is -0.483 e. The summed E-state index contributed by atoms with van der Waals surface area (Å²) in [5.74, 6) is 1.90. The average Bonchev–Trinajstić information content (AvgIpc) is 3.31. The molecule has 3 heterocycles. The van der Waals surface area contributed by atoms with Crippen LogP contribution in [0.3, 0.4) is 0 Å². The number of rotatable bonds is 4. The van der Waals surface area contributed by atoms with E-state index in [4.69, 9.17) is 9.90 Å². The summed E-state index contributed by atoms with van der Waals surface area (Å²) in [4.78, 5) is 24.0. The molecule has 0 aliphatic carbocycles. The Morgan fingerprint density at radius 3 is 2.85 bits per heavy atom. The second-order valence-corrected chi connectivity index (χ2v) is 7.22. The van der Waals surface area contributed by atoms with Crippen LogP contribution in [0.2, 0.25) is 0 Å². The van der Waals surface area contributed by atoms with Gasteiger partial charge in [-0.25, -0.2) is 9.97 Å². The molecule has 0 saturated carbocycles. The summed E-state index contributed by atoms with van der Waals surface area (Å²) in [5, 5.41) is 9.09. The van der Waals surface area contributed by atoms with Crippen molar-refractivity contribution >= 4 is 28.8 Å². The topological polar surface area (TPSA) is 87.0 Å². The number of aromatic nitrogens is 4. The summed E-state index contributed by atoms with van der Waals surface area (Å²) < 4.78 is 2.13. The SMILES string of the molecule is Cc1nc2ccc(-n3ccnc3-c3cc(CN(C)C)cs3)cc2[nH]1.O=CO. The first-order chi connectivity index (χ1) is 13.0. The van der Waals surface area contributed by atoms with E-state index in [2.05, 4.69) is 62.1 Å². The molecule has 0 aliphatic heterocycles. The maximum atomic E-state index is 8.36. The normalized spacial score (nSPS) is 10.8. The highest BCUT2D eigenvalue weighted by molar-refractivity contribution is 7.13. The molecule has 0 radical (unpaired) electrons. The van der Waals surface area contributed by atoms with Crippen LogP contribution in [-0.2, 0) is 11.3 Å². The van der Waals surface area contributed by atoms with Gasteiger partial charge in [0.2, 0.25) is 0 Å². The molecule has 4 aromatic rings. The predicted octanol–water partition coefficient (Wildman–Crippen LogP) is 3.55. The number of imidazole rings is 2. The maximum Gasteiger partial charge on any atom is 0.290 e. The Hall–Kier alpha value is -2.97. The van der Waals surface area contributed by atoms with E-state index in [0.29, 0.717) is 0 Å². The number of hydrogen-bond donors (Lipinski definition) is 2. The van der Waals surface area contributed by atoms with Gasteiger partial charge in [0.25, 0.3) is 6.47 Å². The first-order valence-corrected chi connectivity index (χ1v) is 9.20. The lowest BCUT2D eigenvalue weighted by Gasteiger charge is -2.07. The van der Waals surface area contributed by atoms with Gasteiger partial charge < -0.3 is 15.0 Å². The number of carboxylic acid groups (broad SMARTS) is 1. The van der Waals surface area contributed by atoms with Crippen LogP contribution in [0.1, 0.15) is 11.4 Å². The van der Waals surface area contributed by atoms with Gasteiger partial charge in [-0.15, -0.1) is 11.3 Å². The van der Waals surface area contributed by atoms with Crippen LogP contribution >= 0.6 is 11.3 Å². The molecule has 27 heavy (non-hydrogen) atoms. The molecule has 4 rings (SSSR count). The van der Waals surface area contributed by atoms with Gasteiger partial charge in [-0.1, -0.05) is 0 Å². The lowest BCUT2D eigenvalue weighted by molar-refractivity contribution is -0.122. The van der Waals surface area contributed by atoms with E-state index in [1.165, 1.54) is 10.4 Å². The van der Waals surface area contributed by atoms with Gasteiger partial charge in [0.1, 0.15) is 5.82 Å². The second-order valence-electron chi connectivity index (χ2n) is 6.31. The lowest BCUT2D eigenvalue weighted by Crippen LogP contribution is -2.09. The zero-order valence-electron chi connectivity index (χ0n) is 15.4. The van der Waals surface area contributed by atoms with Crippen LogP contribution in [0.15, 0.2) is 42.0 Å². The third kappa shape index (κ3) is 4.24. The van der Waals surface area contributed by atoms with E-state index in [9.17, 15) is 0 Å². The molecule has 0 spiro atoms. The molecule has 0 fully saturated rings. The molecule has 0 aliphatic rings. The number of H-pyrrole nitrogens is 1. The van der Waals surface area contributed by atoms with Crippen molar-refractivity contribution in [2.75, 3.05) is 14.1 Å². The number of nitrogens with one attached hydrogen (secondary N) is 1. The van der Waals surface area contributed by atoms with Gasteiger partial charge in [-0.05, 0) is 56.2 Å². The Morgan fingerprint density at radius 2 is 2.11 bits per heavy atom. The third-order valence-corrected chi connectivity index (χ3v) is 4.85. The van der Waals surface area contributed by atoms with Crippen molar-refractivity contribution in [1.29, 1.82) is 0 Å². The highest BCUT2D eigenvalue weighted by Crippen LogP contribution is 2.29. The zero-order valence-corrected chi connectivity index (χ0v) is 16.2. The predicted molar refractivity (Wildman–Crippen MR) is 107 cm³/mol. The van der Waals surface area contributed by atoms with Crippen LogP contribution in [-0.4, -0.2) is 50.1 Å². The largest absolute Gasteiger partial charge is 0.483 e. The van der Waals surface area contributed by atoms with Gasteiger partial charge in [0.15, 0.2) is 5.82 Å². The molecular weight excluding hydrogens is 362 g/mol. The number of fused-ring (bicyclic) bond motifs is 1. The van der Waals surface area contributed by atoms with Crippen molar-refractivity contribution < 1.29 is 9.90 Å². The minimum atomic E-state index is -0.250. The molecule has 8 heteroatoms. The minimum absolute atomic E-state index is 0.250. The molecule has 7 nitrogen and oxygen atoms in total. The first kappa shape index (κ1) is 18.8. The van der Waals surface area contributed by atoms with Crippen molar-refractivity contribution in [3.8, 4) is 16.4 Å².